The second kappa shape index (κ2) is 5.48. The molecule has 0 aliphatic carbocycles. The number of methoxy groups -OCH3 is 1. The van der Waals surface area contributed by atoms with Crippen molar-refractivity contribution >= 4 is 5.97 Å². The first-order valence-electron chi connectivity index (χ1n) is 5.61. The van der Waals surface area contributed by atoms with E-state index in [2.05, 4.69) is 4.98 Å². The highest BCUT2D eigenvalue weighted by atomic mass is 19.1. The molecule has 0 bridgehead atoms. The molecule has 0 saturated heterocycles. The van der Waals surface area contributed by atoms with Gasteiger partial charge in [-0.05, 0) is 23.8 Å². The summed E-state index contributed by atoms with van der Waals surface area (Å²) >= 11 is 0. The molecule has 2 aromatic rings. The number of aliphatic carboxylic acids is 1. The lowest BCUT2D eigenvalue weighted by atomic mass is 10.0. The van der Waals surface area contributed by atoms with Gasteiger partial charge >= 0.3 is 5.97 Å². The van der Waals surface area contributed by atoms with Crippen LogP contribution < -0.4 is 4.74 Å². The summed E-state index contributed by atoms with van der Waals surface area (Å²) in [5.74, 6) is -1.06. The number of halogens is 1. The lowest BCUT2D eigenvalue weighted by Gasteiger charge is -2.08. The van der Waals surface area contributed by atoms with E-state index in [1.807, 2.05) is 0 Å². The predicted octanol–water partition coefficient (Wildman–Crippen LogP) is 2.52. The lowest BCUT2D eigenvalue weighted by Crippen LogP contribution is -2.04. The van der Waals surface area contributed by atoms with Gasteiger partial charge in [-0.25, -0.2) is 9.37 Å². The van der Waals surface area contributed by atoms with Crippen LogP contribution in [0, 0.1) is 5.82 Å². The van der Waals surface area contributed by atoms with Gasteiger partial charge in [-0.2, -0.15) is 0 Å². The van der Waals surface area contributed by atoms with Gasteiger partial charge in [-0.1, -0.05) is 12.1 Å². The Labute approximate surface area is 109 Å². The van der Waals surface area contributed by atoms with Crippen molar-refractivity contribution < 1.29 is 19.0 Å². The number of carboxylic acid groups (broad SMARTS) is 1. The van der Waals surface area contributed by atoms with Gasteiger partial charge in [0.05, 0.1) is 13.5 Å². The Hall–Kier alpha value is -2.43. The monoisotopic (exact) mass is 261 g/mol. The zero-order valence-corrected chi connectivity index (χ0v) is 10.3. The highest BCUT2D eigenvalue weighted by Gasteiger charge is 2.11. The third-order valence-electron chi connectivity index (χ3n) is 2.62. The Balaban J connectivity index is 2.45. The van der Waals surface area contributed by atoms with Crippen LogP contribution in [0.3, 0.4) is 0 Å². The highest BCUT2D eigenvalue weighted by Crippen LogP contribution is 2.25. The molecule has 0 radical (unpaired) electrons. The number of hydrogen-bond donors (Lipinski definition) is 1. The van der Waals surface area contributed by atoms with Gasteiger partial charge in [0.15, 0.2) is 0 Å². The summed E-state index contributed by atoms with van der Waals surface area (Å²) in [6.07, 6.45) is 1.33. The normalized spacial score (nSPS) is 10.2. The Bertz CT molecular complexity index is 613. The van der Waals surface area contributed by atoms with E-state index in [-0.39, 0.29) is 18.1 Å². The number of aromatic nitrogens is 1. The van der Waals surface area contributed by atoms with Crippen molar-refractivity contribution in [3.05, 3.63) is 47.9 Å². The van der Waals surface area contributed by atoms with Crippen LogP contribution in [0.5, 0.6) is 5.88 Å². The molecule has 2 rings (SSSR count). The lowest BCUT2D eigenvalue weighted by molar-refractivity contribution is -0.136. The van der Waals surface area contributed by atoms with Crippen molar-refractivity contribution in [3.8, 4) is 17.0 Å². The Morgan fingerprint density at radius 1 is 1.37 bits per heavy atom. The number of nitrogens with zero attached hydrogens (tertiary/aromatic N) is 1. The number of carboxylic acids is 1. The standard InChI is InChI=1S/C14H12FNO3/c1-19-14-10(7-13(17)18)5-11(8-16-14)9-3-2-4-12(15)6-9/h2-6,8H,7H2,1H3,(H,17,18). The maximum absolute atomic E-state index is 13.2. The topological polar surface area (TPSA) is 59.4 Å². The van der Waals surface area contributed by atoms with Crippen molar-refractivity contribution in [1.82, 2.24) is 4.98 Å². The van der Waals surface area contributed by atoms with E-state index in [1.54, 1.807) is 18.2 Å². The number of rotatable bonds is 4. The predicted molar refractivity (Wildman–Crippen MR) is 67.5 cm³/mol. The molecule has 0 spiro atoms. The van der Waals surface area contributed by atoms with Crippen LogP contribution in [0.1, 0.15) is 5.56 Å². The Morgan fingerprint density at radius 3 is 2.79 bits per heavy atom. The Morgan fingerprint density at radius 2 is 2.16 bits per heavy atom. The average Bonchev–Trinajstić information content (AvgIpc) is 2.38. The molecule has 98 valence electrons. The minimum absolute atomic E-state index is 0.195. The number of carbonyl (C=O) groups is 1. The van der Waals surface area contributed by atoms with Gasteiger partial charge in [0, 0.05) is 17.3 Å². The number of pyridine rings is 1. The molecule has 0 unspecified atom stereocenters. The second-order valence-corrected chi connectivity index (χ2v) is 3.97. The van der Waals surface area contributed by atoms with Crippen molar-refractivity contribution in [3.63, 3.8) is 0 Å². The molecule has 1 aromatic carbocycles. The van der Waals surface area contributed by atoms with Crippen LogP contribution in [0.2, 0.25) is 0 Å². The van der Waals surface area contributed by atoms with Crippen LogP contribution in [0.4, 0.5) is 4.39 Å². The maximum atomic E-state index is 13.2. The van der Waals surface area contributed by atoms with Crippen LogP contribution >= 0.6 is 0 Å². The molecule has 0 aliphatic rings. The highest BCUT2D eigenvalue weighted by molar-refractivity contribution is 5.73. The van der Waals surface area contributed by atoms with Crippen molar-refractivity contribution in [2.24, 2.45) is 0 Å². The van der Waals surface area contributed by atoms with Crippen LogP contribution in [0.15, 0.2) is 36.5 Å². The second-order valence-electron chi connectivity index (χ2n) is 3.97. The minimum atomic E-state index is -0.975. The third kappa shape index (κ3) is 3.07. The molecule has 0 aliphatic heterocycles. The molecule has 4 nitrogen and oxygen atoms in total. The average molecular weight is 261 g/mol. The molecular formula is C14H12FNO3. The van der Waals surface area contributed by atoms with E-state index in [9.17, 15) is 9.18 Å². The summed E-state index contributed by atoms with van der Waals surface area (Å²) in [5, 5.41) is 8.85. The van der Waals surface area contributed by atoms with E-state index >= 15 is 0 Å². The smallest absolute Gasteiger partial charge is 0.308 e. The molecule has 1 N–H and O–H groups in total. The molecule has 5 heteroatoms. The van der Waals surface area contributed by atoms with Gasteiger partial charge in [0.1, 0.15) is 5.82 Å². The number of ether oxygens (including phenoxy) is 1. The summed E-state index contributed by atoms with van der Waals surface area (Å²) < 4.78 is 18.2. The number of benzene rings is 1. The first-order valence-corrected chi connectivity index (χ1v) is 5.61. The summed E-state index contributed by atoms with van der Waals surface area (Å²) in [4.78, 5) is 14.8. The summed E-state index contributed by atoms with van der Waals surface area (Å²) in [6.45, 7) is 0. The van der Waals surface area contributed by atoms with E-state index < -0.39 is 5.97 Å². The molecule has 1 heterocycles. The largest absolute Gasteiger partial charge is 0.481 e. The quantitative estimate of drug-likeness (QED) is 0.918. The molecule has 0 atom stereocenters. The van der Waals surface area contributed by atoms with Gasteiger partial charge in [-0.3, -0.25) is 4.79 Å². The third-order valence-corrected chi connectivity index (χ3v) is 2.62. The molecule has 0 amide bonds. The first kappa shape index (κ1) is 13.0. The first-order chi connectivity index (χ1) is 9.10. The maximum Gasteiger partial charge on any atom is 0.308 e. The summed E-state index contributed by atoms with van der Waals surface area (Å²) in [5.41, 5.74) is 1.75. The van der Waals surface area contributed by atoms with E-state index in [4.69, 9.17) is 9.84 Å². The molecule has 0 saturated carbocycles. The van der Waals surface area contributed by atoms with Crippen LogP contribution in [0.25, 0.3) is 11.1 Å². The zero-order valence-electron chi connectivity index (χ0n) is 10.3. The van der Waals surface area contributed by atoms with E-state index in [0.29, 0.717) is 16.7 Å². The number of hydrogen-bond acceptors (Lipinski definition) is 3. The SMILES string of the molecule is COc1ncc(-c2cccc(F)c2)cc1CC(=O)O. The molecular weight excluding hydrogens is 249 g/mol. The van der Waals surface area contributed by atoms with Gasteiger partial charge in [-0.15, -0.1) is 0 Å². The van der Waals surface area contributed by atoms with Gasteiger partial charge < -0.3 is 9.84 Å². The van der Waals surface area contributed by atoms with Crippen molar-refractivity contribution in [2.45, 2.75) is 6.42 Å². The fourth-order valence-electron chi connectivity index (χ4n) is 1.80. The fraction of sp³-hybridized carbons (Fsp3) is 0.143. The molecule has 1 aromatic heterocycles. The summed E-state index contributed by atoms with van der Waals surface area (Å²) in [7, 11) is 1.43. The Kier molecular flexibility index (Phi) is 3.75. The fourth-order valence-corrected chi connectivity index (χ4v) is 1.80. The minimum Gasteiger partial charge on any atom is -0.481 e. The summed E-state index contributed by atoms with van der Waals surface area (Å²) in [6, 6.07) is 7.68. The zero-order chi connectivity index (χ0) is 13.8. The van der Waals surface area contributed by atoms with E-state index in [0.717, 1.165) is 0 Å². The molecule has 19 heavy (non-hydrogen) atoms. The van der Waals surface area contributed by atoms with E-state index in [1.165, 1.54) is 25.4 Å². The van der Waals surface area contributed by atoms with Crippen molar-refractivity contribution in [1.29, 1.82) is 0 Å². The van der Waals surface area contributed by atoms with Crippen LogP contribution in [-0.4, -0.2) is 23.2 Å². The molecule has 0 fully saturated rings. The van der Waals surface area contributed by atoms with Crippen molar-refractivity contribution in [2.75, 3.05) is 7.11 Å². The van der Waals surface area contributed by atoms with Crippen LogP contribution in [-0.2, 0) is 11.2 Å². The van der Waals surface area contributed by atoms with Gasteiger partial charge in [0.25, 0.3) is 0 Å². The van der Waals surface area contributed by atoms with Gasteiger partial charge in [0.2, 0.25) is 5.88 Å².